The smallest absolute Gasteiger partial charge is 0.233 e. The van der Waals surface area contributed by atoms with E-state index in [0.29, 0.717) is 11.4 Å². The van der Waals surface area contributed by atoms with Crippen LogP contribution < -0.4 is 15.8 Å². The molecule has 2 aliphatic rings. The molecule has 114 valence electrons. The number of aromatic nitrogens is 2. The molecule has 2 atom stereocenters. The standard InChI is InChI=1S/C15H17N5O2/c1-9-5-12-10(3-4-17-12)6-13(9)22-15-11(7-20-21-2)14(16)18-8-19-15/h3-8,10,12,17H,1-2H3,(H2,16,18,19)/b20-7+. The number of anilines is 1. The Morgan fingerprint density at radius 1 is 1.36 bits per heavy atom. The molecule has 1 aromatic heterocycles. The number of nitrogens with two attached hydrogens (primary N) is 1. The van der Waals surface area contributed by atoms with E-state index in [9.17, 15) is 0 Å². The van der Waals surface area contributed by atoms with Crippen LogP contribution in [0.25, 0.3) is 0 Å². The van der Waals surface area contributed by atoms with Gasteiger partial charge < -0.3 is 20.6 Å². The van der Waals surface area contributed by atoms with Gasteiger partial charge in [0.15, 0.2) is 0 Å². The zero-order valence-electron chi connectivity index (χ0n) is 12.4. The van der Waals surface area contributed by atoms with Gasteiger partial charge in [0.2, 0.25) is 5.88 Å². The molecule has 0 saturated carbocycles. The van der Waals surface area contributed by atoms with Gasteiger partial charge in [-0.05, 0) is 24.8 Å². The molecular weight excluding hydrogens is 282 g/mol. The minimum atomic E-state index is 0.272. The van der Waals surface area contributed by atoms with Crippen molar-refractivity contribution in [2.75, 3.05) is 12.8 Å². The number of nitrogen functional groups attached to an aromatic ring is 1. The van der Waals surface area contributed by atoms with Crippen molar-refractivity contribution in [1.82, 2.24) is 15.3 Å². The number of nitrogens with one attached hydrogen (secondary N) is 1. The number of hydrogen-bond acceptors (Lipinski definition) is 7. The molecule has 3 rings (SSSR count). The number of allylic oxidation sites excluding steroid dienone is 1. The minimum Gasteiger partial charge on any atom is -0.438 e. The van der Waals surface area contributed by atoms with Crippen molar-refractivity contribution < 1.29 is 9.57 Å². The number of hydrogen-bond donors (Lipinski definition) is 2. The predicted molar refractivity (Wildman–Crippen MR) is 83.1 cm³/mol. The van der Waals surface area contributed by atoms with E-state index in [1.165, 1.54) is 19.7 Å². The summed E-state index contributed by atoms with van der Waals surface area (Å²) < 4.78 is 5.94. The lowest BCUT2D eigenvalue weighted by Gasteiger charge is -2.22. The Morgan fingerprint density at radius 2 is 2.23 bits per heavy atom. The van der Waals surface area contributed by atoms with E-state index in [1.807, 2.05) is 13.1 Å². The molecule has 0 fully saturated rings. The van der Waals surface area contributed by atoms with E-state index >= 15 is 0 Å². The fourth-order valence-corrected chi connectivity index (χ4v) is 2.40. The Morgan fingerprint density at radius 3 is 3.05 bits per heavy atom. The van der Waals surface area contributed by atoms with Crippen LogP contribution >= 0.6 is 0 Å². The highest BCUT2D eigenvalue weighted by molar-refractivity contribution is 5.88. The monoisotopic (exact) mass is 299 g/mol. The molecule has 0 amide bonds. The molecular formula is C15H17N5O2. The van der Waals surface area contributed by atoms with Crippen molar-refractivity contribution in [3.63, 3.8) is 0 Å². The lowest BCUT2D eigenvalue weighted by Crippen LogP contribution is -2.27. The second kappa shape index (κ2) is 5.88. The van der Waals surface area contributed by atoms with E-state index < -0.39 is 0 Å². The minimum absolute atomic E-state index is 0.272. The summed E-state index contributed by atoms with van der Waals surface area (Å²) in [5.74, 6) is 1.65. The first-order valence-corrected chi connectivity index (χ1v) is 6.87. The number of oxime groups is 1. The Balaban J connectivity index is 1.90. The molecule has 2 unspecified atom stereocenters. The van der Waals surface area contributed by atoms with Crippen molar-refractivity contribution >= 4 is 12.0 Å². The highest BCUT2D eigenvalue weighted by atomic mass is 16.6. The van der Waals surface area contributed by atoms with Crippen LogP contribution in [0.5, 0.6) is 5.88 Å². The molecule has 1 aliphatic heterocycles. The van der Waals surface area contributed by atoms with Gasteiger partial charge in [0.1, 0.15) is 30.6 Å². The van der Waals surface area contributed by atoms with Gasteiger partial charge in [0, 0.05) is 5.92 Å². The summed E-state index contributed by atoms with van der Waals surface area (Å²) in [6.07, 6.45) is 11.0. The number of ether oxygens (including phenoxy) is 1. The maximum atomic E-state index is 5.94. The topological polar surface area (TPSA) is 94.7 Å². The van der Waals surface area contributed by atoms with Crippen molar-refractivity contribution in [3.05, 3.63) is 47.7 Å². The Labute approximate surface area is 128 Å². The van der Waals surface area contributed by atoms with E-state index in [-0.39, 0.29) is 17.8 Å². The molecule has 0 bridgehead atoms. The van der Waals surface area contributed by atoms with Gasteiger partial charge in [-0.1, -0.05) is 17.3 Å². The largest absolute Gasteiger partial charge is 0.438 e. The number of nitrogens with zero attached hydrogens (tertiary/aromatic N) is 3. The van der Waals surface area contributed by atoms with E-state index in [2.05, 4.69) is 43.5 Å². The highest BCUT2D eigenvalue weighted by Crippen LogP contribution is 2.29. The van der Waals surface area contributed by atoms with Crippen molar-refractivity contribution in [2.45, 2.75) is 13.0 Å². The highest BCUT2D eigenvalue weighted by Gasteiger charge is 2.25. The van der Waals surface area contributed by atoms with Crippen molar-refractivity contribution in [1.29, 1.82) is 0 Å². The predicted octanol–water partition coefficient (Wildman–Crippen LogP) is 1.36. The number of rotatable bonds is 4. The van der Waals surface area contributed by atoms with Crippen LogP contribution in [0, 0.1) is 5.92 Å². The fraction of sp³-hybridized carbons (Fsp3) is 0.267. The van der Waals surface area contributed by atoms with Gasteiger partial charge in [0.05, 0.1) is 12.3 Å². The van der Waals surface area contributed by atoms with Gasteiger partial charge >= 0.3 is 0 Å². The van der Waals surface area contributed by atoms with Gasteiger partial charge in [-0.2, -0.15) is 0 Å². The first-order valence-electron chi connectivity index (χ1n) is 6.87. The molecule has 1 aliphatic carbocycles. The van der Waals surface area contributed by atoms with Crippen LogP contribution in [-0.2, 0) is 4.84 Å². The average Bonchev–Trinajstić information content (AvgIpc) is 2.94. The summed E-state index contributed by atoms with van der Waals surface area (Å²) in [6, 6.07) is 0.289. The molecule has 0 radical (unpaired) electrons. The van der Waals surface area contributed by atoms with E-state index in [4.69, 9.17) is 10.5 Å². The number of fused-ring (bicyclic) bond motifs is 1. The van der Waals surface area contributed by atoms with Crippen LogP contribution in [0.4, 0.5) is 5.82 Å². The molecule has 2 heterocycles. The average molecular weight is 299 g/mol. The molecule has 0 aromatic carbocycles. The maximum Gasteiger partial charge on any atom is 0.233 e. The van der Waals surface area contributed by atoms with E-state index in [0.717, 1.165) is 11.3 Å². The molecule has 1 aromatic rings. The van der Waals surface area contributed by atoms with Crippen LogP contribution in [-0.4, -0.2) is 29.3 Å². The van der Waals surface area contributed by atoms with Crippen molar-refractivity contribution in [3.8, 4) is 5.88 Å². The molecule has 7 heteroatoms. The van der Waals surface area contributed by atoms with Gasteiger partial charge in [0.25, 0.3) is 0 Å². The quantitative estimate of drug-likeness (QED) is 0.644. The van der Waals surface area contributed by atoms with E-state index in [1.54, 1.807) is 0 Å². The van der Waals surface area contributed by atoms with Gasteiger partial charge in [-0.3, -0.25) is 0 Å². The third kappa shape index (κ3) is 2.65. The SMILES string of the molecule is CO/N=C/c1c(N)ncnc1OC1=CC2C=CNC2C=C1C. The van der Waals surface area contributed by atoms with Crippen LogP contribution in [0.1, 0.15) is 12.5 Å². The third-order valence-electron chi connectivity index (χ3n) is 3.56. The normalized spacial score (nSPS) is 22.8. The third-order valence-corrected chi connectivity index (χ3v) is 3.56. The summed E-state index contributed by atoms with van der Waals surface area (Å²) in [7, 11) is 1.45. The van der Waals surface area contributed by atoms with Gasteiger partial charge in [-0.25, -0.2) is 9.97 Å². The molecule has 0 spiro atoms. The Bertz CT molecular complexity index is 693. The second-order valence-corrected chi connectivity index (χ2v) is 5.01. The first kappa shape index (κ1) is 14.1. The lowest BCUT2D eigenvalue weighted by atomic mass is 9.93. The summed E-state index contributed by atoms with van der Waals surface area (Å²) in [6.45, 7) is 2.00. The van der Waals surface area contributed by atoms with Crippen molar-refractivity contribution in [2.24, 2.45) is 11.1 Å². The Kier molecular flexibility index (Phi) is 3.78. The zero-order valence-corrected chi connectivity index (χ0v) is 12.4. The van der Waals surface area contributed by atoms with Crippen LogP contribution in [0.2, 0.25) is 0 Å². The van der Waals surface area contributed by atoms with Gasteiger partial charge in [-0.15, -0.1) is 0 Å². The maximum absolute atomic E-state index is 5.94. The fourth-order valence-electron chi connectivity index (χ4n) is 2.40. The first-order chi connectivity index (χ1) is 10.7. The second-order valence-electron chi connectivity index (χ2n) is 5.01. The summed E-state index contributed by atoms with van der Waals surface area (Å²) >= 11 is 0. The molecule has 7 nitrogen and oxygen atoms in total. The molecule has 0 saturated heterocycles. The summed E-state index contributed by atoms with van der Waals surface area (Å²) in [5, 5.41) is 6.99. The Hall–Kier alpha value is -2.83. The summed E-state index contributed by atoms with van der Waals surface area (Å²) in [5.41, 5.74) is 7.37. The summed E-state index contributed by atoms with van der Waals surface area (Å²) in [4.78, 5) is 12.8. The lowest BCUT2D eigenvalue weighted by molar-refractivity contribution is 0.215. The molecule has 3 N–H and O–H groups in total. The van der Waals surface area contributed by atoms with Crippen LogP contribution in [0.15, 0.2) is 47.2 Å². The zero-order chi connectivity index (χ0) is 15.5. The van der Waals surface area contributed by atoms with Crippen LogP contribution in [0.3, 0.4) is 0 Å². The molecule has 22 heavy (non-hydrogen) atoms.